The second-order valence-corrected chi connectivity index (χ2v) is 7.21. The van der Waals surface area contributed by atoms with E-state index in [-0.39, 0.29) is 5.56 Å². The molecule has 0 saturated heterocycles. The molecule has 0 aliphatic heterocycles. The lowest BCUT2D eigenvalue weighted by atomic mass is 10.1. The molecule has 0 bridgehead atoms. The Morgan fingerprint density at radius 2 is 1.72 bits per heavy atom. The van der Waals surface area contributed by atoms with Crippen LogP contribution < -0.4 is 10.3 Å². The molecule has 5 heteroatoms. The lowest BCUT2D eigenvalue weighted by molar-refractivity contribution is 0.322. The van der Waals surface area contributed by atoms with E-state index in [1.54, 1.807) is 24.1 Å². The molecule has 29 heavy (non-hydrogen) atoms. The van der Waals surface area contributed by atoms with Gasteiger partial charge in [0.05, 0.1) is 12.7 Å². The number of para-hydroxylation sites is 1. The van der Waals surface area contributed by atoms with Gasteiger partial charge in [0.1, 0.15) is 5.75 Å². The normalized spacial score (nSPS) is 11.0. The molecule has 0 atom stereocenters. The molecule has 2 aromatic carbocycles. The molecule has 3 aromatic rings. The summed E-state index contributed by atoms with van der Waals surface area (Å²) < 4.78 is 7.00. The Hall–Kier alpha value is -2.92. The quantitative estimate of drug-likeness (QED) is 0.492. The van der Waals surface area contributed by atoms with Crippen LogP contribution in [0.1, 0.15) is 18.4 Å². The van der Waals surface area contributed by atoms with Crippen molar-refractivity contribution in [2.24, 2.45) is 0 Å². The minimum absolute atomic E-state index is 0.0248. The predicted octanol–water partition coefficient (Wildman–Crippen LogP) is 3.87. The second kappa shape index (κ2) is 10.6. The molecule has 0 radical (unpaired) electrons. The molecule has 0 unspecified atom stereocenters. The Morgan fingerprint density at radius 1 is 0.966 bits per heavy atom. The second-order valence-electron chi connectivity index (χ2n) is 7.21. The van der Waals surface area contributed by atoms with E-state index in [0.29, 0.717) is 12.1 Å². The van der Waals surface area contributed by atoms with Crippen LogP contribution in [0.25, 0.3) is 11.1 Å². The van der Waals surface area contributed by atoms with Gasteiger partial charge in [-0.2, -0.15) is 5.10 Å². The van der Waals surface area contributed by atoms with Crippen molar-refractivity contribution >= 4 is 0 Å². The summed E-state index contributed by atoms with van der Waals surface area (Å²) in [7, 11) is 3.85. The summed E-state index contributed by atoms with van der Waals surface area (Å²) in [5.74, 6) is 0.949. The summed E-state index contributed by atoms with van der Waals surface area (Å²) in [4.78, 5) is 15.0. The fourth-order valence-electron chi connectivity index (χ4n) is 3.42. The summed E-state index contributed by atoms with van der Waals surface area (Å²) in [6.45, 7) is 2.60. The van der Waals surface area contributed by atoms with Crippen LogP contribution in [-0.4, -0.2) is 41.9 Å². The van der Waals surface area contributed by atoms with E-state index in [0.717, 1.165) is 43.7 Å². The van der Waals surface area contributed by atoms with E-state index >= 15 is 0 Å². The van der Waals surface area contributed by atoms with Crippen molar-refractivity contribution in [3.05, 3.63) is 82.8 Å². The van der Waals surface area contributed by atoms with Crippen LogP contribution in [0.5, 0.6) is 5.75 Å². The molecular formula is C24H29N3O2. The highest BCUT2D eigenvalue weighted by molar-refractivity contribution is 5.61. The maximum atomic E-state index is 12.7. The summed E-state index contributed by atoms with van der Waals surface area (Å²) >= 11 is 0. The largest absolute Gasteiger partial charge is 0.496 e. The van der Waals surface area contributed by atoms with Crippen LogP contribution in [-0.2, 0) is 13.0 Å². The van der Waals surface area contributed by atoms with Crippen molar-refractivity contribution in [2.45, 2.75) is 25.8 Å². The number of hydrogen-bond acceptors (Lipinski definition) is 4. The highest BCUT2D eigenvalue weighted by Crippen LogP contribution is 2.18. The van der Waals surface area contributed by atoms with Gasteiger partial charge in [-0.3, -0.25) is 4.79 Å². The van der Waals surface area contributed by atoms with Crippen molar-refractivity contribution in [1.82, 2.24) is 14.7 Å². The van der Waals surface area contributed by atoms with Gasteiger partial charge in [0.15, 0.2) is 0 Å². The van der Waals surface area contributed by atoms with Gasteiger partial charge in [0, 0.05) is 19.3 Å². The molecule has 1 aromatic heterocycles. The van der Waals surface area contributed by atoms with Crippen LogP contribution >= 0.6 is 0 Å². The van der Waals surface area contributed by atoms with Crippen molar-refractivity contribution < 1.29 is 4.74 Å². The van der Waals surface area contributed by atoms with Crippen LogP contribution in [0, 0.1) is 0 Å². The fourth-order valence-corrected chi connectivity index (χ4v) is 3.42. The van der Waals surface area contributed by atoms with Crippen molar-refractivity contribution in [2.75, 3.05) is 27.2 Å². The molecule has 0 saturated carbocycles. The number of unbranched alkanes of at least 4 members (excludes halogenated alkanes) is 1. The molecule has 0 N–H and O–H groups in total. The summed E-state index contributed by atoms with van der Waals surface area (Å²) in [5, 5.41) is 4.25. The monoisotopic (exact) mass is 391 g/mol. The number of methoxy groups -OCH3 is 1. The first-order chi connectivity index (χ1) is 14.2. The first-order valence-electron chi connectivity index (χ1n) is 10.1. The van der Waals surface area contributed by atoms with Crippen LogP contribution in [0.2, 0.25) is 0 Å². The van der Waals surface area contributed by atoms with Gasteiger partial charge in [-0.1, -0.05) is 48.5 Å². The average molecular weight is 392 g/mol. The summed E-state index contributed by atoms with van der Waals surface area (Å²) in [6.07, 6.45) is 4.61. The minimum atomic E-state index is -0.0248. The third-order valence-electron chi connectivity index (χ3n) is 5.11. The number of hydrogen-bond donors (Lipinski definition) is 0. The van der Waals surface area contributed by atoms with Gasteiger partial charge in [-0.25, -0.2) is 4.68 Å². The van der Waals surface area contributed by atoms with Crippen molar-refractivity contribution in [3.8, 4) is 16.9 Å². The van der Waals surface area contributed by atoms with Gasteiger partial charge < -0.3 is 9.64 Å². The molecule has 5 nitrogen and oxygen atoms in total. The van der Waals surface area contributed by atoms with E-state index < -0.39 is 0 Å². The number of likely N-dealkylation sites (N-methyl/N-ethyl adjacent to an activating group) is 1. The smallest absolute Gasteiger partial charge is 0.274 e. The van der Waals surface area contributed by atoms with Crippen molar-refractivity contribution in [1.29, 1.82) is 0 Å². The third-order valence-corrected chi connectivity index (χ3v) is 5.11. The number of benzene rings is 2. The van der Waals surface area contributed by atoms with Gasteiger partial charge in [-0.15, -0.1) is 0 Å². The highest BCUT2D eigenvalue weighted by Gasteiger charge is 2.07. The molecule has 0 fully saturated rings. The predicted molar refractivity (Wildman–Crippen MR) is 117 cm³/mol. The molecular weight excluding hydrogens is 362 g/mol. The standard InChI is InChI=1S/C24H29N3O2/c1-26(19-15-21-12-6-7-13-23(21)29-2)17-8-9-18-27-24(28)22(14-16-25-27)20-10-4-3-5-11-20/h3-7,10-14,16H,8-9,15,17-19H2,1-2H3. The first-order valence-corrected chi connectivity index (χ1v) is 10.1. The van der Waals surface area contributed by atoms with E-state index in [4.69, 9.17) is 4.74 Å². The fraction of sp³-hybridized carbons (Fsp3) is 0.333. The molecule has 0 aliphatic carbocycles. The van der Waals surface area contributed by atoms with E-state index in [9.17, 15) is 4.79 Å². The third kappa shape index (κ3) is 5.78. The molecule has 1 heterocycles. The Labute approximate surface area is 172 Å². The molecule has 0 aliphatic rings. The molecule has 152 valence electrons. The van der Waals surface area contributed by atoms with E-state index in [1.807, 2.05) is 48.5 Å². The number of rotatable bonds is 10. The summed E-state index contributed by atoms with van der Waals surface area (Å²) in [6, 6.07) is 19.7. The molecule has 0 amide bonds. The SMILES string of the molecule is COc1ccccc1CCN(C)CCCCn1nccc(-c2ccccc2)c1=O. The average Bonchev–Trinajstić information content (AvgIpc) is 2.77. The van der Waals surface area contributed by atoms with Crippen LogP contribution in [0.15, 0.2) is 71.7 Å². The lowest BCUT2D eigenvalue weighted by Crippen LogP contribution is -2.25. The zero-order chi connectivity index (χ0) is 20.5. The van der Waals surface area contributed by atoms with Gasteiger partial charge >= 0.3 is 0 Å². The molecule has 3 rings (SSSR count). The maximum absolute atomic E-state index is 12.7. The van der Waals surface area contributed by atoms with E-state index in [1.165, 1.54) is 5.56 Å². The van der Waals surface area contributed by atoms with Crippen LogP contribution in [0.4, 0.5) is 0 Å². The molecule has 0 spiro atoms. The Balaban J connectivity index is 1.46. The zero-order valence-electron chi connectivity index (χ0n) is 17.3. The van der Waals surface area contributed by atoms with Gasteiger partial charge in [-0.05, 0) is 56.1 Å². The maximum Gasteiger partial charge on any atom is 0.274 e. The number of aromatic nitrogens is 2. The zero-order valence-corrected chi connectivity index (χ0v) is 17.3. The number of aryl methyl sites for hydroxylation is 1. The Bertz CT molecular complexity index is 954. The topological polar surface area (TPSA) is 47.4 Å². The minimum Gasteiger partial charge on any atom is -0.496 e. The Kier molecular flexibility index (Phi) is 7.59. The van der Waals surface area contributed by atoms with Crippen LogP contribution in [0.3, 0.4) is 0 Å². The van der Waals surface area contributed by atoms with Crippen molar-refractivity contribution in [3.63, 3.8) is 0 Å². The number of ether oxygens (including phenoxy) is 1. The summed E-state index contributed by atoms with van der Waals surface area (Å²) in [5.41, 5.74) is 2.85. The van der Waals surface area contributed by atoms with Gasteiger partial charge in [0.25, 0.3) is 5.56 Å². The lowest BCUT2D eigenvalue weighted by Gasteiger charge is -2.17. The Morgan fingerprint density at radius 3 is 2.52 bits per heavy atom. The van der Waals surface area contributed by atoms with E-state index in [2.05, 4.69) is 23.1 Å². The first kappa shape index (κ1) is 20.8. The highest BCUT2D eigenvalue weighted by atomic mass is 16.5. The number of nitrogens with zero attached hydrogens (tertiary/aromatic N) is 3. The van der Waals surface area contributed by atoms with Gasteiger partial charge in [0.2, 0.25) is 0 Å².